The third-order valence-corrected chi connectivity index (χ3v) is 4.03. The molecule has 1 amide bonds. The zero-order valence-electron chi connectivity index (χ0n) is 8.38. The quantitative estimate of drug-likeness (QED) is 0.670. The van der Waals surface area contributed by atoms with Crippen molar-refractivity contribution in [3.63, 3.8) is 0 Å². The van der Waals surface area contributed by atoms with E-state index >= 15 is 0 Å². The number of rotatable bonds is 1. The Morgan fingerprint density at radius 2 is 2.06 bits per heavy atom. The van der Waals surface area contributed by atoms with E-state index in [1.807, 2.05) is 0 Å². The van der Waals surface area contributed by atoms with Crippen molar-refractivity contribution in [2.45, 2.75) is 5.75 Å². The lowest BCUT2D eigenvalue weighted by molar-refractivity contribution is 0.0867. The molecule has 0 spiro atoms. The van der Waals surface area contributed by atoms with Crippen molar-refractivity contribution in [1.29, 1.82) is 0 Å². The van der Waals surface area contributed by atoms with Crippen LogP contribution in [0.25, 0.3) is 0 Å². The predicted octanol–water partition coefficient (Wildman–Crippen LogP) is 0.605. The van der Waals surface area contributed by atoms with Gasteiger partial charge in [-0.1, -0.05) is 24.1 Å². The molecule has 82 valence electrons. The van der Waals surface area contributed by atoms with Crippen molar-refractivity contribution in [2.75, 3.05) is 6.54 Å². The first-order chi connectivity index (χ1) is 7.56. The van der Waals surface area contributed by atoms with Crippen LogP contribution in [0.4, 0.5) is 0 Å². The van der Waals surface area contributed by atoms with Crippen LogP contribution in [0.1, 0.15) is 15.9 Å². The molecule has 1 heterocycles. The minimum atomic E-state index is -3.61. The van der Waals surface area contributed by atoms with Gasteiger partial charge in [0, 0.05) is 5.56 Å². The largest absolute Gasteiger partial charge is 0.268 e. The van der Waals surface area contributed by atoms with E-state index in [4.69, 9.17) is 6.42 Å². The first-order valence-electron chi connectivity index (χ1n) is 4.62. The first kappa shape index (κ1) is 10.7. The Morgan fingerprint density at radius 1 is 1.38 bits per heavy atom. The average Bonchev–Trinajstić information content (AvgIpc) is 2.23. The molecule has 0 N–H and O–H groups in total. The molecule has 0 aliphatic carbocycles. The molecule has 0 bridgehead atoms. The zero-order chi connectivity index (χ0) is 11.8. The third kappa shape index (κ3) is 1.57. The number of sulfonamides is 1. The maximum absolute atomic E-state index is 11.9. The van der Waals surface area contributed by atoms with Crippen LogP contribution in [0.3, 0.4) is 0 Å². The molecule has 2 rings (SSSR count). The van der Waals surface area contributed by atoms with E-state index in [0.717, 1.165) is 4.31 Å². The van der Waals surface area contributed by atoms with Gasteiger partial charge in [-0.05, 0) is 11.6 Å². The van der Waals surface area contributed by atoms with Gasteiger partial charge in [-0.25, -0.2) is 12.7 Å². The Kier molecular flexibility index (Phi) is 2.44. The first-order valence-corrected chi connectivity index (χ1v) is 6.23. The summed E-state index contributed by atoms with van der Waals surface area (Å²) in [6.07, 6.45) is 5.05. The molecular weight excluding hydrogens is 226 g/mol. The van der Waals surface area contributed by atoms with Crippen LogP contribution in [0.15, 0.2) is 24.3 Å². The van der Waals surface area contributed by atoms with E-state index < -0.39 is 15.9 Å². The SMILES string of the molecule is C#CCN1C(=O)c2ccccc2CS1(=O)=O. The summed E-state index contributed by atoms with van der Waals surface area (Å²) in [5, 5.41) is 0. The third-order valence-electron chi connectivity index (χ3n) is 2.38. The number of terminal acetylenes is 1. The summed E-state index contributed by atoms with van der Waals surface area (Å²) in [6.45, 7) is -0.213. The molecule has 1 aliphatic rings. The Bertz CT molecular complexity index is 583. The summed E-state index contributed by atoms with van der Waals surface area (Å²) >= 11 is 0. The van der Waals surface area contributed by atoms with Gasteiger partial charge in [0.25, 0.3) is 5.91 Å². The molecule has 0 saturated heterocycles. The highest BCUT2D eigenvalue weighted by Gasteiger charge is 2.34. The van der Waals surface area contributed by atoms with Gasteiger partial charge in [0.1, 0.15) is 0 Å². The highest BCUT2D eigenvalue weighted by atomic mass is 32.2. The van der Waals surface area contributed by atoms with Gasteiger partial charge in [-0.15, -0.1) is 6.42 Å². The Morgan fingerprint density at radius 3 is 2.75 bits per heavy atom. The lowest BCUT2D eigenvalue weighted by Crippen LogP contribution is -2.42. The Labute approximate surface area is 93.9 Å². The molecule has 0 unspecified atom stereocenters. The van der Waals surface area contributed by atoms with Gasteiger partial charge in [0.05, 0.1) is 12.3 Å². The van der Waals surface area contributed by atoms with E-state index in [1.54, 1.807) is 24.3 Å². The van der Waals surface area contributed by atoms with E-state index in [-0.39, 0.29) is 12.3 Å². The van der Waals surface area contributed by atoms with Crippen LogP contribution in [0.2, 0.25) is 0 Å². The maximum atomic E-state index is 11.9. The minimum absolute atomic E-state index is 0.170. The summed E-state index contributed by atoms with van der Waals surface area (Å²) in [4.78, 5) is 11.9. The molecule has 0 aromatic heterocycles. The van der Waals surface area contributed by atoms with E-state index in [0.29, 0.717) is 11.1 Å². The normalized spacial score (nSPS) is 17.7. The number of benzene rings is 1. The van der Waals surface area contributed by atoms with Gasteiger partial charge in [-0.2, -0.15) is 0 Å². The van der Waals surface area contributed by atoms with Crippen molar-refractivity contribution in [2.24, 2.45) is 0 Å². The topological polar surface area (TPSA) is 54.5 Å². The van der Waals surface area contributed by atoms with E-state index in [9.17, 15) is 13.2 Å². The van der Waals surface area contributed by atoms with Gasteiger partial charge < -0.3 is 0 Å². The second-order valence-electron chi connectivity index (χ2n) is 3.43. The lowest BCUT2D eigenvalue weighted by Gasteiger charge is -2.26. The molecule has 16 heavy (non-hydrogen) atoms. The average molecular weight is 235 g/mol. The number of carbonyl (C=O) groups is 1. The molecule has 4 nitrogen and oxygen atoms in total. The van der Waals surface area contributed by atoms with Gasteiger partial charge in [0.15, 0.2) is 0 Å². The summed E-state index contributed by atoms with van der Waals surface area (Å²) < 4.78 is 24.3. The van der Waals surface area contributed by atoms with Gasteiger partial charge in [0.2, 0.25) is 10.0 Å². The van der Waals surface area contributed by atoms with Crippen LogP contribution in [-0.4, -0.2) is 25.2 Å². The Hall–Kier alpha value is -1.80. The maximum Gasteiger partial charge on any atom is 0.268 e. The second-order valence-corrected chi connectivity index (χ2v) is 5.32. The second kappa shape index (κ2) is 3.65. The number of amides is 1. The molecule has 5 heteroatoms. The van der Waals surface area contributed by atoms with Crippen molar-refractivity contribution in [1.82, 2.24) is 4.31 Å². The van der Waals surface area contributed by atoms with Crippen molar-refractivity contribution in [3.8, 4) is 12.3 Å². The standard InChI is InChI=1S/C11H9NO3S/c1-2-7-12-11(13)10-6-4-3-5-9(10)8-16(12,14)15/h1,3-6H,7-8H2. The molecule has 1 aliphatic heterocycles. The molecule has 1 aromatic rings. The van der Waals surface area contributed by atoms with Crippen LogP contribution in [0, 0.1) is 12.3 Å². The zero-order valence-corrected chi connectivity index (χ0v) is 9.20. The van der Waals surface area contributed by atoms with Crippen molar-refractivity contribution < 1.29 is 13.2 Å². The van der Waals surface area contributed by atoms with Crippen LogP contribution in [0.5, 0.6) is 0 Å². The fourth-order valence-corrected chi connectivity index (χ4v) is 3.07. The highest BCUT2D eigenvalue weighted by molar-refractivity contribution is 7.89. The van der Waals surface area contributed by atoms with Gasteiger partial charge >= 0.3 is 0 Å². The fraction of sp³-hybridized carbons (Fsp3) is 0.182. The molecular formula is C11H9NO3S. The highest BCUT2D eigenvalue weighted by Crippen LogP contribution is 2.23. The van der Waals surface area contributed by atoms with Gasteiger partial charge in [-0.3, -0.25) is 4.79 Å². The molecule has 0 saturated carbocycles. The predicted molar refractivity (Wildman–Crippen MR) is 58.9 cm³/mol. The number of fused-ring (bicyclic) bond motifs is 1. The van der Waals surface area contributed by atoms with Crippen molar-refractivity contribution >= 4 is 15.9 Å². The summed E-state index contributed by atoms with van der Waals surface area (Å²) in [6, 6.07) is 6.65. The fourth-order valence-electron chi connectivity index (χ4n) is 1.64. The molecule has 0 atom stereocenters. The van der Waals surface area contributed by atoms with Crippen molar-refractivity contribution in [3.05, 3.63) is 35.4 Å². The smallest absolute Gasteiger partial charge is 0.268 e. The number of hydrogen-bond acceptors (Lipinski definition) is 3. The summed E-state index contributed by atoms with van der Waals surface area (Å²) in [7, 11) is -3.61. The summed E-state index contributed by atoms with van der Waals surface area (Å²) in [5.41, 5.74) is 0.938. The molecule has 0 radical (unpaired) electrons. The van der Waals surface area contributed by atoms with Crippen LogP contribution < -0.4 is 0 Å². The number of carbonyl (C=O) groups excluding carboxylic acids is 1. The lowest BCUT2D eigenvalue weighted by atomic mass is 10.1. The summed E-state index contributed by atoms with van der Waals surface area (Å²) in [5.74, 6) is 1.47. The van der Waals surface area contributed by atoms with E-state index in [1.165, 1.54) is 0 Å². The number of hydrogen-bond donors (Lipinski definition) is 0. The van der Waals surface area contributed by atoms with Crippen LogP contribution in [-0.2, 0) is 15.8 Å². The Balaban J connectivity index is 2.57. The van der Waals surface area contributed by atoms with E-state index in [2.05, 4.69) is 5.92 Å². The number of nitrogens with zero attached hydrogens (tertiary/aromatic N) is 1. The van der Waals surface area contributed by atoms with Crippen LogP contribution >= 0.6 is 0 Å². The molecule has 0 fully saturated rings. The minimum Gasteiger partial charge on any atom is -0.268 e. The monoisotopic (exact) mass is 235 g/mol. The molecule has 1 aromatic carbocycles.